The second-order valence-electron chi connectivity index (χ2n) is 3.20. The summed E-state index contributed by atoms with van der Waals surface area (Å²) in [6.07, 6.45) is 0.687. The van der Waals surface area contributed by atoms with Crippen molar-refractivity contribution in [3.05, 3.63) is 0 Å². The molecule has 0 spiro atoms. The molecule has 0 unspecified atom stereocenters. The summed E-state index contributed by atoms with van der Waals surface area (Å²) in [7, 11) is 0. The van der Waals surface area contributed by atoms with Gasteiger partial charge in [-0.1, -0.05) is 0 Å². The van der Waals surface area contributed by atoms with E-state index in [4.69, 9.17) is 0 Å². The summed E-state index contributed by atoms with van der Waals surface area (Å²) in [5.74, 6) is 0. The zero-order valence-corrected chi connectivity index (χ0v) is 7.15. The molecule has 0 amide bonds. The molecule has 0 aromatic rings. The SMILES string of the molecule is C[C@@H]1CN(CCCF)CCN1. The fourth-order valence-corrected chi connectivity index (χ4v) is 1.50. The van der Waals surface area contributed by atoms with Gasteiger partial charge in [0.1, 0.15) is 0 Å². The Hall–Kier alpha value is -0.150. The predicted octanol–water partition coefficient (Wildman–Crippen LogP) is 0.640. The quantitative estimate of drug-likeness (QED) is 0.651. The molecule has 0 saturated carbocycles. The molecule has 0 aromatic heterocycles. The topological polar surface area (TPSA) is 15.3 Å². The van der Waals surface area contributed by atoms with Gasteiger partial charge >= 0.3 is 0 Å². The third kappa shape index (κ3) is 3.16. The molecule has 2 nitrogen and oxygen atoms in total. The van der Waals surface area contributed by atoms with Gasteiger partial charge in [-0.2, -0.15) is 0 Å². The van der Waals surface area contributed by atoms with Crippen LogP contribution >= 0.6 is 0 Å². The van der Waals surface area contributed by atoms with Gasteiger partial charge < -0.3 is 10.2 Å². The first-order valence-electron chi connectivity index (χ1n) is 4.34. The van der Waals surface area contributed by atoms with Crippen molar-refractivity contribution in [3.8, 4) is 0 Å². The second kappa shape index (κ2) is 4.67. The van der Waals surface area contributed by atoms with Gasteiger partial charge in [-0.05, 0) is 13.3 Å². The van der Waals surface area contributed by atoms with Gasteiger partial charge in [0.15, 0.2) is 0 Å². The molecule has 0 aromatic carbocycles. The highest BCUT2D eigenvalue weighted by Gasteiger charge is 2.13. The van der Waals surface area contributed by atoms with Crippen LogP contribution in [0.2, 0.25) is 0 Å². The lowest BCUT2D eigenvalue weighted by atomic mass is 10.2. The number of nitrogens with zero attached hydrogens (tertiary/aromatic N) is 1. The Bertz CT molecular complexity index is 108. The molecular formula is C8H17FN2. The fraction of sp³-hybridized carbons (Fsp3) is 1.00. The van der Waals surface area contributed by atoms with Crippen LogP contribution in [0.1, 0.15) is 13.3 Å². The summed E-state index contributed by atoms with van der Waals surface area (Å²) in [6, 6.07) is 0.573. The van der Waals surface area contributed by atoms with Crippen LogP contribution in [0.4, 0.5) is 4.39 Å². The third-order valence-corrected chi connectivity index (χ3v) is 2.06. The first-order valence-corrected chi connectivity index (χ1v) is 4.34. The van der Waals surface area contributed by atoms with Crippen LogP contribution in [-0.4, -0.2) is 43.8 Å². The minimum absolute atomic E-state index is 0.182. The molecule has 3 heteroatoms. The maximum absolute atomic E-state index is 11.8. The first kappa shape index (κ1) is 8.94. The van der Waals surface area contributed by atoms with Gasteiger partial charge in [0, 0.05) is 32.2 Å². The van der Waals surface area contributed by atoms with Crippen molar-refractivity contribution in [2.24, 2.45) is 0 Å². The highest BCUT2D eigenvalue weighted by atomic mass is 19.1. The average molecular weight is 160 g/mol. The molecule has 1 saturated heterocycles. The number of piperazine rings is 1. The van der Waals surface area contributed by atoms with E-state index in [0.717, 1.165) is 26.2 Å². The molecule has 0 bridgehead atoms. The van der Waals surface area contributed by atoms with Gasteiger partial charge in [-0.15, -0.1) is 0 Å². The number of hydrogen-bond acceptors (Lipinski definition) is 2. The van der Waals surface area contributed by atoms with Crippen molar-refractivity contribution in [2.75, 3.05) is 32.9 Å². The van der Waals surface area contributed by atoms with E-state index < -0.39 is 0 Å². The number of hydrogen-bond donors (Lipinski definition) is 1. The molecule has 0 radical (unpaired) electrons. The monoisotopic (exact) mass is 160 g/mol. The van der Waals surface area contributed by atoms with Gasteiger partial charge in [-0.25, -0.2) is 0 Å². The second-order valence-corrected chi connectivity index (χ2v) is 3.20. The lowest BCUT2D eigenvalue weighted by molar-refractivity contribution is 0.199. The Labute approximate surface area is 67.8 Å². The van der Waals surface area contributed by atoms with Crippen LogP contribution in [-0.2, 0) is 0 Å². The van der Waals surface area contributed by atoms with Gasteiger partial charge in [0.2, 0.25) is 0 Å². The van der Waals surface area contributed by atoms with Crippen LogP contribution in [0.3, 0.4) is 0 Å². The molecule has 66 valence electrons. The molecule has 1 atom stereocenters. The van der Waals surface area contributed by atoms with E-state index in [9.17, 15) is 4.39 Å². The number of alkyl halides is 1. The van der Waals surface area contributed by atoms with E-state index in [0.29, 0.717) is 12.5 Å². The van der Waals surface area contributed by atoms with Crippen molar-refractivity contribution < 1.29 is 4.39 Å². The van der Waals surface area contributed by atoms with Crippen LogP contribution < -0.4 is 5.32 Å². The Kier molecular flexibility index (Phi) is 3.80. The largest absolute Gasteiger partial charge is 0.312 e. The summed E-state index contributed by atoms with van der Waals surface area (Å²) in [6.45, 7) is 6.10. The van der Waals surface area contributed by atoms with Crippen molar-refractivity contribution in [1.29, 1.82) is 0 Å². The fourth-order valence-electron chi connectivity index (χ4n) is 1.50. The molecule has 1 rings (SSSR count). The van der Waals surface area contributed by atoms with Crippen molar-refractivity contribution in [2.45, 2.75) is 19.4 Å². The highest BCUT2D eigenvalue weighted by Crippen LogP contribution is 1.99. The Morgan fingerprint density at radius 2 is 2.45 bits per heavy atom. The van der Waals surface area contributed by atoms with Crippen molar-refractivity contribution in [3.63, 3.8) is 0 Å². The van der Waals surface area contributed by atoms with E-state index >= 15 is 0 Å². The normalized spacial score (nSPS) is 27.3. The molecule has 1 N–H and O–H groups in total. The number of halogens is 1. The van der Waals surface area contributed by atoms with Crippen molar-refractivity contribution >= 4 is 0 Å². The molecule has 1 fully saturated rings. The van der Waals surface area contributed by atoms with Crippen LogP contribution in [0, 0.1) is 0 Å². The maximum Gasteiger partial charge on any atom is 0.0906 e. The summed E-state index contributed by atoms with van der Waals surface area (Å²) in [5.41, 5.74) is 0. The minimum atomic E-state index is -0.182. The van der Waals surface area contributed by atoms with E-state index in [1.54, 1.807) is 0 Å². The van der Waals surface area contributed by atoms with Gasteiger partial charge in [0.05, 0.1) is 6.67 Å². The van der Waals surface area contributed by atoms with Gasteiger partial charge in [0.25, 0.3) is 0 Å². The smallest absolute Gasteiger partial charge is 0.0906 e. The lowest BCUT2D eigenvalue weighted by Gasteiger charge is -2.31. The van der Waals surface area contributed by atoms with Crippen LogP contribution in [0.15, 0.2) is 0 Å². The van der Waals surface area contributed by atoms with E-state index in [1.807, 2.05) is 0 Å². The molecule has 11 heavy (non-hydrogen) atoms. The van der Waals surface area contributed by atoms with Crippen LogP contribution in [0.25, 0.3) is 0 Å². The predicted molar refractivity (Wildman–Crippen MR) is 44.5 cm³/mol. The maximum atomic E-state index is 11.8. The van der Waals surface area contributed by atoms with E-state index in [-0.39, 0.29) is 6.67 Å². The zero-order valence-electron chi connectivity index (χ0n) is 7.15. The summed E-state index contributed by atoms with van der Waals surface area (Å²) < 4.78 is 11.8. The molecule has 1 heterocycles. The van der Waals surface area contributed by atoms with E-state index in [1.165, 1.54) is 0 Å². The van der Waals surface area contributed by atoms with E-state index in [2.05, 4.69) is 17.1 Å². The lowest BCUT2D eigenvalue weighted by Crippen LogP contribution is -2.49. The average Bonchev–Trinajstić information content (AvgIpc) is 2.01. The standard InChI is InChI=1S/C8H17FN2/c1-8-7-11(5-2-3-9)6-4-10-8/h8,10H,2-7H2,1H3/t8-/m1/s1. The van der Waals surface area contributed by atoms with Crippen molar-refractivity contribution in [1.82, 2.24) is 10.2 Å². The van der Waals surface area contributed by atoms with Gasteiger partial charge in [-0.3, -0.25) is 4.39 Å². The zero-order chi connectivity index (χ0) is 8.10. The summed E-state index contributed by atoms with van der Waals surface area (Å²) in [4.78, 5) is 2.32. The molecule has 0 aliphatic carbocycles. The Balaban J connectivity index is 2.12. The summed E-state index contributed by atoms with van der Waals surface area (Å²) >= 11 is 0. The minimum Gasteiger partial charge on any atom is -0.312 e. The Morgan fingerprint density at radius 3 is 3.09 bits per heavy atom. The Morgan fingerprint density at radius 1 is 1.64 bits per heavy atom. The number of rotatable bonds is 3. The third-order valence-electron chi connectivity index (χ3n) is 2.06. The highest BCUT2D eigenvalue weighted by molar-refractivity contribution is 4.74. The molecule has 1 aliphatic rings. The van der Waals surface area contributed by atoms with Crippen LogP contribution in [0.5, 0.6) is 0 Å². The molecule has 1 aliphatic heterocycles. The first-order chi connectivity index (χ1) is 5.33. The number of nitrogens with one attached hydrogen (secondary N) is 1. The molecular weight excluding hydrogens is 143 g/mol. The summed E-state index contributed by atoms with van der Waals surface area (Å²) in [5, 5.41) is 3.35.